The molecule has 0 bridgehead atoms. The molecule has 0 aliphatic carbocycles. The Morgan fingerprint density at radius 3 is 2.71 bits per heavy atom. The fraction of sp³-hybridized carbons (Fsp3) is 0.0588. The first-order valence-corrected chi connectivity index (χ1v) is 6.41. The quantitative estimate of drug-likeness (QED) is 0.670. The molecular weight excluding hydrogens is 269 g/mol. The average Bonchev–Trinajstić information content (AvgIpc) is 2.53. The first-order valence-electron chi connectivity index (χ1n) is 6.41. The van der Waals surface area contributed by atoms with E-state index in [9.17, 15) is 9.18 Å². The molecule has 0 N–H and O–H groups in total. The van der Waals surface area contributed by atoms with E-state index >= 15 is 0 Å². The van der Waals surface area contributed by atoms with Gasteiger partial charge in [-0.25, -0.2) is 9.18 Å². The highest BCUT2D eigenvalue weighted by molar-refractivity contribution is 5.91. The number of para-hydroxylation sites is 1. The summed E-state index contributed by atoms with van der Waals surface area (Å²) < 4.78 is 18.3. The number of hydrogen-bond acceptors (Lipinski definition) is 3. The number of benzene rings is 2. The minimum atomic E-state index is -0.565. The summed E-state index contributed by atoms with van der Waals surface area (Å²) in [6.45, 7) is 0. The fourth-order valence-corrected chi connectivity index (χ4v) is 2.22. The van der Waals surface area contributed by atoms with Gasteiger partial charge in [-0.05, 0) is 35.9 Å². The van der Waals surface area contributed by atoms with E-state index in [1.54, 1.807) is 12.3 Å². The lowest BCUT2D eigenvalue weighted by Gasteiger charge is -2.06. The van der Waals surface area contributed by atoms with E-state index in [2.05, 4.69) is 9.72 Å². The minimum Gasteiger partial charge on any atom is -0.465 e. The van der Waals surface area contributed by atoms with Gasteiger partial charge in [0.2, 0.25) is 0 Å². The van der Waals surface area contributed by atoms with E-state index in [1.807, 2.05) is 30.3 Å². The Morgan fingerprint density at radius 2 is 1.90 bits per heavy atom. The van der Waals surface area contributed by atoms with Gasteiger partial charge in [0.05, 0.1) is 18.2 Å². The number of fused-ring (bicyclic) bond motifs is 1. The Balaban J connectivity index is 2.13. The van der Waals surface area contributed by atoms with Crippen molar-refractivity contribution in [1.82, 2.24) is 4.98 Å². The van der Waals surface area contributed by atoms with Crippen molar-refractivity contribution in [2.45, 2.75) is 0 Å². The summed E-state index contributed by atoms with van der Waals surface area (Å²) in [5, 5.41) is 0.957. The number of carbonyl (C=O) groups is 1. The number of pyridine rings is 1. The lowest BCUT2D eigenvalue weighted by atomic mass is 10.0. The van der Waals surface area contributed by atoms with Crippen molar-refractivity contribution >= 4 is 16.9 Å². The van der Waals surface area contributed by atoms with Crippen LogP contribution in [0, 0.1) is 5.82 Å². The molecule has 2 aromatic carbocycles. The molecule has 0 spiro atoms. The number of methoxy groups -OCH3 is 1. The molecule has 3 aromatic rings. The van der Waals surface area contributed by atoms with Gasteiger partial charge in [-0.3, -0.25) is 4.98 Å². The Labute approximate surface area is 121 Å². The van der Waals surface area contributed by atoms with Crippen LogP contribution in [0.15, 0.2) is 54.7 Å². The van der Waals surface area contributed by atoms with Crippen LogP contribution in [0.4, 0.5) is 4.39 Å². The van der Waals surface area contributed by atoms with Crippen molar-refractivity contribution in [2.24, 2.45) is 0 Å². The zero-order chi connectivity index (χ0) is 14.8. The lowest BCUT2D eigenvalue weighted by Crippen LogP contribution is -2.02. The third-order valence-corrected chi connectivity index (χ3v) is 3.24. The standard InChI is InChI=1S/C17H12FNO2/c1-21-17(20)13-7-12(8-15(18)9-13)14-6-11-4-2-3-5-16(11)19-10-14/h2-10H,1H3. The lowest BCUT2D eigenvalue weighted by molar-refractivity contribution is 0.0600. The van der Waals surface area contributed by atoms with Gasteiger partial charge in [0.25, 0.3) is 0 Å². The van der Waals surface area contributed by atoms with Crippen LogP contribution >= 0.6 is 0 Å². The summed E-state index contributed by atoms with van der Waals surface area (Å²) in [6.07, 6.45) is 1.66. The Kier molecular flexibility index (Phi) is 3.36. The highest BCUT2D eigenvalue weighted by Gasteiger charge is 2.10. The zero-order valence-corrected chi connectivity index (χ0v) is 11.3. The third kappa shape index (κ3) is 2.60. The number of halogens is 1. The van der Waals surface area contributed by atoms with Gasteiger partial charge in [0.1, 0.15) is 5.82 Å². The van der Waals surface area contributed by atoms with E-state index < -0.39 is 11.8 Å². The molecule has 0 aliphatic heterocycles. The predicted octanol–water partition coefficient (Wildman–Crippen LogP) is 3.83. The Hall–Kier alpha value is -2.75. The molecule has 1 heterocycles. The van der Waals surface area contributed by atoms with Crippen molar-refractivity contribution in [1.29, 1.82) is 0 Å². The van der Waals surface area contributed by atoms with Gasteiger partial charge in [-0.2, -0.15) is 0 Å². The Bertz CT molecular complexity index is 830. The first-order chi connectivity index (χ1) is 10.2. The van der Waals surface area contributed by atoms with Crippen LogP contribution < -0.4 is 0 Å². The van der Waals surface area contributed by atoms with E-state index in [0.29, 0.717) is 5.56 Å². The summed E-state index contributed by atoms with van der Waals surface area (Å²) in [5.74, 6) is -1.05. The van der Waals surface area contributed by atoms with Crippen LogP contribution in [0.25, 0.3) is 22.0 Å². The number of carbonyl (C=O) groups excluding carboxylic acids is 1. The molecule has 0 atom stereocenters. The number of hydrogen-bond donors (Lipinski definition) is 0. The monoisotopic (exact) mass is 281 g/mol. The SMILES string of the molecule is COC(=O)c1cc(F)cc(-c2cnc3ccccc3c2)c1. The second kappa shape index (κ2) is 5.32. The highest BCUT2D eigenvalue weighted by Crippen LogP contribution is 2.25. The molecule has 0 aliphatic rings. The second-order valence-corrected chi connectivity index (χ2v) is 4.64. The van der Waals surface area contributed by atoms with Crippen LogP contribution in [-0.4, -0.2) is 18.1 Å². The molecular formula is C17H12FNO2. The Morgan fingerprint density at radius 1 is 1.10 bits per heavy atom. The van der Waals surface area contributed by atoms with Crippen LogP contribution in [0.2, 0.25) is 0 Å². The van der Waals surface area contributed by atoms with Crippen LogP contribution in [-0.2, 0) is 4.74 Å². The first kappa shape index (κ1) is 13.2. The summed E-state index contributed by atoms with van der Waals surface area (Å²) in [6, 6.07) is 13.7. The van der Waals surface area contributed by atoms with Gasteiger partial charge in [0.15, 0.2) is 0 Å². The van der Waals surface area contributed by atoms with Gasteiger partial charge in [0, 0.05) is 17.1 Å². The van der Waals surface area contributed by atoms with Gasteiger partial charge in [-0.15, -0.1) is 0 Å². The molecule has 0 unspecified atom stereocenters. The van der Waals surface area contributed by atoms with Crippen LogP contribution in [0.3, 0.4) is 0 Å². The van der Waals surface area contributed by atoms with Gasteiger partial charge < -0.3 is 4.74 Å². The summed E-state index contributed by atoms with van der Waals surface area (Å²) in [5.41, 5.74) is 2.39. The molecule has 0 amide bonds. The normalized spacial score (nSPS) is 10.6. The smallest absolute Gasteiger partial charge is 0.337 e. The molecule has 3 rings (SSSR count). The van der Waals surface area contributed by atoms with Crippen molar-refractivity contribution in [3.63, 3.8) is 0 Å². The third-order valence-electron chi connectivity index (χ3n) is 3.24. The maximum absolute atomic E-state index is 13.7. The highest BCUT2D eigenvalue weighted by atomic mass is 19.1. The molecule has 0 saturated carbocycles. The molecule has 3 nitrogen and oxygen atoms in total. The van der Waals surface area contributed by atoms with Gasteiger partial charge >= 0.3 is 5.97 Å². The average molecular weight is 281 g/mol. The molecule has 4 heteroatoms. The summed E-state index contributed by atoms with van der Waals surface area (Å²) in [4.78, 5) is 15.9. The van der Waals surface area contributed by atoms with Crippen LogP contribution in [0.5, 0.6) is 0 Å². The zero-order valence-electron chi connectivity index (χ0n) is 11.3. The second-order valence-electron chi connectivity index (χ2n) is 4.64. The largest absolute Gasteiger partial charge is 0.465 e. The number of aromatic nitrogens is 1. The molecule has 21 heavy (non-hydrogen) atoms. The van der Waals surface area contributed by atoms with Crippen molar-refractivity contribution in [2.75, 3.05) is 7.11 Å². The summed E-state index contributed by atoms with van der Waals surface area (Å²) in [7, 11) is 1.27. The van der Waals surface area contributed by atoms with E-state index in [0.717, 1.165) is 22.5 Å². The summed E-state index contributed by atoms with van der Waals surface area (Å²) >= 11 is 0. The van der Waals surface area contributed by atoms with E-state index in [-0.39, 0.29) is 5.56 Å². The maximum atomic E-state index is 13.7. The number of rotatable bonds is 2. The number of ether oxygens (including phenoxy) is 1. The maximum Gasteiger partial charge on any atom is 0.337 e. The molecule has 0 radical (unpaired) electrons. The number of nitrogens with zero attached hydrogens (tertiary/aromatic N) is 1. The van der Waals surface area contributed by atoms with Crippen molar-refractivity contribution in [3.05, 3.63) is 66.1 Å². The molecule has 104 valence electrons. The molecule has 0 fully saturated rings. The van der Waals surface area contributed by atoms with Crippen molar-refractivity contribution < 1.29 is 13.9 Å². The predicted molar refractivity (Wildman–Crippen MR) is 78.5 cm³/mol. The molecule has 0 saturated heterocycles. The van der Waals surface area contributed by atoms with E-state index in [1.165, 1.54) is 13.2 Å². The van der Waals surface area contributed by atoms with Gasteiger partial charge in [-0.1, -0.05) is 18.2 Å². The number of esters is 1. The van der Waals surface area contributed by atoms with E-state index in [4.69, 9.17) is 0 Å². The minimum absolute atomic E-state index is 0.181. The fourth-order valence-electron chi connectivity index (χ4n) is 2.22. The topological polar surface area (TPSA) is 39.2 Å². The molecule has 1 aromatic heterocycles. The van der Waals surface area contributed by atoms with Crippen molar-refractivity contribution in [3.8, 4) is 11.1 Å². The van der Waals surface area contributed by atoms with Crippen LogP contribution in [0.1, 0.15) is 10.4 Å².